The van der Waals surface area contributed by atoms with Crippen LogP contribution in [-0.4, -0.2) is 61.8 Å². The van der Waals surface area contributed by atoms with Gasteiger partial charge in [-0.15, -0.1) is 10.2 Å². The zero-order chi connectivity index (χ0) is 18.3. The summed E-state index contributed by atoms with van der Waals surface area (Å²) in [5.74, 6) is -0.200. The normalized spacial score (nSPS) is 15.7. The third-order valence-corrected chi connectivity index (χ3v) is 5.04. The number of piperazine rings is 1. The van der Waals surface area contributed by atoms with Crippen molar-refractivity contribution < 1.29 is 18.0 Å². The number of amides is 1. The highest BCUT2D eigenvalue weighted by Gasteiger charge is 2.36. The number of anilines is 1. The minimum Gasteiger partial charge on any atom is -0.343 e. The number of nitrogens with zero attached hydrogens (tertiary/aromatic N) is 7. The highest BCUT2D eigenvalue weighted by molar-refractivity contribution is 7.15. The summed E-state index contributed by atoms with van der Waals surface area (Å²) < 4.78 is 39.4. The van der Waals surface area contributed by atoms with Gasteiger partial charge < -0.3 is 9.80 Å². The van der Waals surface area contributed by atoms with Gasteiger partial charge in [0.1, 0.15) is 12.0 Å². The number of halogens is 3. The molecular weight excluding hydrogens is 371 g/mol. The quantitative estimate of drug-likeness (QED) is 0.668. The van der Waals surface area contributed by atoms with Crippen molar-refractivity contribution in [2.24, 2.45) is 0 Å². The molecule has 4 rings (SSSR count). The molecule has 0 unspecified atom stereocenters. The second kappa shape index (κ2) is 6.20. The highest BCUT2D eigenvalue weighted by Crippen LogP contribution is 2.34. The molecule has 1 amide bonds. The Morgan fingerprint density at radius 1 is 1.12 bits per heavy atom. The molecule has 0 N–H and O–H groups in total. The third-order valence-electron chi connectivity index (χ3n) is 4.02. The Labute approximate surface area is 148 Å². The Bertz CT molecular complexity index is 945. The molecule has 0 spiro atoms. The fraction of sp³-hybridized carbons (Fsp3) is 0.357. The number of carbonyl (C=O) groups excluding carboxylic acids is 1. The second-order valence-electron chi connectivity index (χ2n) is 5.61. The number of hydrogen-bond acceptors (Lipinski definition) is 7. The SMILES string of the molecule is O=C(c1cccc2ncnn12)N1CCN(c2nnc(C(F)(F)F)s2)CC1. The molecule has 1 fully saturated rings. The Kier molecular flexibility index (Phi) is 3.98. The molecule has 0 aliphatic carbocycles. The summed E-state index contributed by atoms with van der Waals surface area (Å²) in [5, 5.41) is 10.1. The first kappa shape index (κ1) is 16.7. The average Bonchev–Trinajstić information content (AvgIpc) is 3.30. The fourth-order valence-corrected chi connectivity index (χ4v) is 3.49. The summed E-state index contributed by atoms with van der Waals surface area (Å²) in [4.78, 5) is 20.1. The fourth-order valence-electron chi connectivity index (χ4n) is 2.73. The Balaban J connectivity index is 1.46. The van der Waals surface area contributed by atoms with Crippen LogP contribution in [0.15, 0.2) is 24.5 Å². The van der Waals surface area contributed by atoms with E-state index in [1.165, 1.54) is 10.8 Å². The van der Waals surface area contributed by atoms with Crippen molar-refractivity contribution in [3.8, 4) is 0 Å². The van der Waals surface area contributed by atoms with Crippen molar-refractivity contribution >= 4 is 28.0 Å². The van der Waals surface area contributed by atoms with Crippen molar-refractivity contribution in [1.29, 1.82) is 0 Å². The lowest BCUT2D eigenvalue weighted by Crippen LogP contribution is -2.49. The van der Waals surface area contributed by atoms with Crippen molar-refractivity contribution in [3.63, 3.8) is 0 Å². The van der Waals surface area contributed by atoms with Crippen LogP contribution in [0.4, 0.5) is 18.3 Å². The molecule has 0 atom stereocenters. The Morgan fingerprint density at radius 3 is 2.58 bits per heavy atom. The van der Waals surface area contributed by atoms with E-state index in [1.807, 2.05) is 0 Å². The van der Waals surface area contributed by atoms with Crippen LogP contribution in [0.1, 0.15) is 15.5 Å². The lowest BCUT2D eigenvalue weighted by Gasteiger charge is -2.34. The first-order chi connectivity index (χ1) is 12.4. The summed E-state index contributed by atoms with van der Waals surface area (Å²) in [6.45, 7) is 1.49. The van der Waals surface area contributed by atoms with E-state index in [4.69, 9.17) is 0 Å². The van der Waals surface area contributed by atoms with E-state index in [0.717, 1.165) is 0 Å². The molecule has 8 nitrogen and oxygen atoms in total. The van der Waals surface area contributed by atoms with Crippen molar-refractivity contribution in [1.82, 2.24) is 29.7 Å². The van der Waals surface area contributed by atoms with Crippen LogP contribution < -0.4 is 4.90 Å². The van der Waals surface area contributed by atoms with Gasteiger partial charge >= 0.3 is 6.18 Å². The highest BCUT2D eigenvalue weighted by atomic mass is 32.1. The van der Waals surface area contributed by atoms with Crippen molar-refractivity contribution in [3.05, 3.63) is 35.2 Å². The van der Waals surface area contributed by atoms with Gasteiger partial charge in [-0.3, -0.25) is 4.79 Å². The standard InChI is InChI=1S/C14H12F3N7OS/c15-14(16,17)12-20-21-13(26-12)23-6-4-22(5-7-23)11(25)9-2-1-3-10-18-8-19-24(9)10/h1-3,8H,4-7H2. The van der Waals surface area contributed by atoms with E-state index in [1.54, 1.807) is 28.0 Å². The molecule has 136 valence electrons. The van der Waals surface area contributed by atoms with E-state index in [2.05, 4.69) is 20.3 Å². The lowest BCUT2D eigenvalue weighted by molar-refractivity contribution is -0.138. The summed E-state index contributed by atoms with van der Waals surface area (Å²) in [6, 6.07) is 5.14. The lowest BCUT2D eigenvalue weighted by atomic mass is 10.2. The number of fused-ring (bicyclic) bond motifs is 1. The number of alkyl halides is 3. The number of aromatic nitrogens is 5. The molecule has 0 bridgehead atoms. The molecule has 3 aromatic rings. The summed E-state index contributed by atoms with van der Waals surface area (Å²) in [7, 11) is 0. The molecule has 1 aliphatic heterocycles. The molecule has 3 aromatic heterocycles. The molecule has 0 radical (unpaired) electrons. The van der Waals surface area contributed by atoms with Gasteiger partial charge in [-0.05, 0) is 12.1 Å². The maximum Gasteiger partial charge on any atom is 0.445 e. The first-order valence-electron chi connectivity index (χ1n) is 7.67. The maximum absolute atomic E-state index is 12.7. The number of rotatable bonds is 2. The maximum atomic E-state index is 12.7. The zero-order valence-corrected chi connectivity index (χ0v) is 14.0. The Hall–Kier alpha value is -2.76. The van der Waals surface area contributed by atoms with E-state index in [-0.39, 0.29) is 11.0 Å². The Morgan fingerprint density at radius 2 is 1.88 bits per heavy atom. The third kappa shape index (κ3) is 2.96. The average molecular weight is 383 g/mol. The number of hydrogen-bond donors (Lipinski definition) is 0. The molecule has 12 heteroatoms. The van der Waals surface area contributed by atoms with Crippen molar-refractivity contribution in [2.45, 2.75) is 6.18 Å². The van der Waals surface area contributed by atoms with Gasteiger partial charge in [0.25, 0.3) is 5.91 Å². The topological polar surface area (TPSA) is 79.5 Å². The van der Waals surface area contributed by atoms with Crippen molar-refractivity contribution in [2.75, 3.05) is 31.1 Å². The molecule has 0 aromatic carbocycles. The molecule has 4 heterocycles. The number of carbonyl (C=O) groups is 1. The van der Waals surface area contributed by atoms with E-state index in [0.29, 0.717) is 48.9 Å². The zero-order valence-electron chi connectivity index (χ0n) is 13.2. The predicted octanol–water partition coefficient (Wildman–Crippen LogP) is 1.56. The largest absolute Gasteiger partial charge is 0.445 e. The molecular formula is C14H12F3N7OS. The second-order valence-corrected chi connectivity index (χ2v) is 6.56. The van der Waals surface area contributed by atoms with Crippen LogP contribution in [0.5, 0.6) is 0 Å². The van der Waals surface area contributed by atoms with Gasteiger partial charge in [0, 0.05) is 26.2 Å². The van der Waals surface area contributed by atoms with E-state index >= 15 is 0 Å². The smallest absolute Gasteiger partial charge is 0.343 e. The molecule has 0 saturated carbocycles. The van der Waals surface area contributed by atoms with Gasteiger partial charge in [-0.25, -0.2) is 9.50 Å². The van der Waals surface area contributed by atoms with E-state index < -0.39 is 11.2 Å². The van der Waals surface area contributed by atoms with Gasteiger partial charge in [-0.2, -0.15) is 18.3 Å². The van der Waals surface area contributed by atoms with Crippen LogP contribution in [0.25, 0.3) is 5.65 Å². The van der Waals surface area contributed by atoms with E-state index in [9.17, 15) is 18.0 Å². The van der Waals surface area contributed by atoms with Gasteiger partial charge in [-0.1, -0.05) is 17.4 Å². The van der Waals surface area contributed by atoms with Crippen LogP contribution in [0, 0.1) is 0 Å². The predicted molar refractivity (Wildman–Crippen MR) is 86.0 cm³/mol. The molecule has 1 saturated heterocycles. The minimum atomic E-state index is -4.50. The molecule has 1 aliphatic rings. The minimum absolute atomic E-state index is 0.200. The van der Waals surface area contributed by atoms with Crippen LogP contribution in [0.3, 0.4) is 0 Å². The van der Waals surface area contributed by atoms with Gasteiger partial charge in [0.15, 0.2) is 5.65 Å². The van der Waals surface area contributed by atoms with Crippen LogP contribution >= 0.6 is 11.3 Å². The van der Waals surface area contributed by atoms with Crippen LogP contribution in [-0.2, 0) is 6.18 Å². The number of pyridine rings is 1. The summed E-state index contributed by atoms with van der Waals surface area (Å²) in [6.07, 6.45) is -3.12. The van der Waals surface area contributed by atoms with Gasteiger partial charge in [0.05, 0.1) is 0 Å². The van der Waals surface area contributed by atoms with Crippen LogP contribution in [0.2, 0.25) is 0 Å². The summed E-state index contributed by atoms with van der Waals surface area (Å²) >= 11 is 0.508. The molecule has 26 heavy (non-hydrogen) atoms. The summed E-state index contributed by atoms with van der Waals surface area (Å²) in [5.41, 5.74) is 0.965. The monoisotopic (exact) mass is 383 g/mol. The first-order valence-corrected chi connectivity index (χ1v) is 8.49. The van der Waals surface area contributed by atoms with Gasteiger partial charge in [0.2, 0.25) is 10.1 Å².